The number of hydrogen-bond donors (Lipinski definition) is 1. The van der Waals surface area contributed by atoms with Crippen LogP contribution < -0.4 is 5.32 Å². The number of halogens is 3. The SMILES string of the molecule is CNCC1CCN(S(=O)(=O)c2cc(Cl)sc2Cl)CC1.Cl. The molecule has 1 saturated heterocycles. The van der Waals surface area contributed by atoms with Crippen LogP contribution in [0.4, 0.5) is 0 Å². The lowest BCUT2D eigenvalue weighted by atomic mass is 9.98. The summed E-state index contributed by atoms with van der Waals surface area (Å²) in [5.74, 6) is 0.540. The zero-order valence-electron chi connectivity index (χ0n) is 10.9. The van der Waals surface area contributed by atoms with Crippen molar-refractivity contribution in [2.24, 2.45) is 5.92 Å². The lowest BCUT2D eigenvalue weighted by Crippen LogP contribution is -2.40. The number of hydrogen-bond acceptors (Lipinski definition) is 4. The molecule has 0 atom stereocenters. The van der Waals surface area contributed by atoms with Gasteiger partial charge in [0, 0.05) is 13.1 Å². The minimum absolute atomic E-state index is 0. The van der Waals surface area contributed by atoms with Gasteiger partial charge in [-0.25, -0.2) is 8.42 Å². The van der Waals surface area contributed by atoms with Crippen LogP contribution >= 0.6 is 46.9 Å². The number of piperidine rings is 1. The standard InChI is InChI=1S/C11H16Cl2N2O2S2.ClH/c1-14-7-8-2-4-15(5-3-8)19(16,17)9-6-10(12)18-11(9)13;/h6,8,14H,2-5,7H2,1H3;1H. The van der Waals surface area contributed by atoms with Crippen molar-refractivity contribution in [3.05, 3.63) is 14.7 Å². The average Bonchev–Trinajstić information content (AvgIpc) is 2.70. The minimum Gasteiger partial charge on any atom is -0.319 e. The molecule has 116 valence electrons. The molecule has 1 aromatic heterocycles. The van der Waals surface area contributed by atoms with E-state index in [1.807, 2.05) is 7.05 Å². The number of nitrogens with zero attached hydrogens (tertiary/aromatic N) is 1. The third-order valence-electron chi connectivity index (χ3n) is 3.31. The Balaban J connectivity index is 0.00000200. The van der Waals surface area contributed by atoms with Gasteiger partial charge in [0.2, 0.25) is 10.0 Å². The van der Waals surface area contributed by atoms with E-state index in [9.17, 15) is 8.42 Å². The molecular formula is C11H17Cl3N2O2S2. The molecule has 0 saturated carbocycles. The van der Waals surface area contributed by atoms with E-state index in [0.717, 1.165) is 30.7 Å². The van der Waals surface area contributed by atoms with Crippen molar-refractivity contribution in [2.45, 2.75) is 17.7 Å². The molecule has 0 amide bonds. The van der Waals surface area contributed by atoms with Gasteiger partial charge in [0.1, 0.15) is 9.23 Å². The Morgan fingerprint density at radius 2 is 2.00 bits per heavy atom. The second kappa shape index (κ2) is 7.63. The topological polar surface area (TPSA) is 49.4 Å². The zero-order chi connectivity index (χ0) is 14.0. The second-order valence-corrected chi connectivity index (χ2v) is 8.79. The molecule has 0 bridgehead atoms. The summed E-state index contributed by atoms with van der Waals surface area (Å²) in [5, 5.41) is 3.13. The number of nitrogens with one attached hydrogen (secondary N) is 1. The largest absolute Gasteiger partial charge is 0.319 e. The first-order valence-electron chi connectivity index (χ1n) is 6.04. The maximum Gasteiger partial charge on any atom is 0.245 e. The molecule has 2 heterocycles. The Bertz CT molecular complexity index is 540. The quantitative estimate of drug-likeness (QED) is 0.874. The van der Waals surface area contributed by atoms with Gasteiger partial charge < -0.3 is 5.32 Å². The number of sulfonamides is 1. The molecule has 1 aliphatic heterocycles. The van der Waals surface area contributed by atoms with Crippen LogP contribution in [0.2, 0.25) is 8.67 Å². The van der Waals surface area contributed by atoms with Gasteiger partial charge in [-0.3, -0.25) is 0 Å². The molecule has 1 N–H and O–H groups in total. The predicted octanol–water partition coefficient (Wildman–Crippen LogP) is 3.10. The van der Waals surface area contributed by atoms with Gasteiger partial charge in [0.05, 0.1) is 4.34 Å². The first kappa shape index (κ1) is 18.5. The summed E-state index contributed by atoms with van der Waals surface area (Å²) in [6.07, 6.45) is 1.74. The second-order valence-electron chi connectivity index (χ2n) is 4.59. The normalized spacial score (nSPS) is 17.9. The highest BCUT2D eigenvalue weighted by Gasteiger charge is 2.31. The molecule has 0 spiro atoms. The van der Waals surface area contributed by atoms with E-state index in [0.29, 0.717) is 23.3 Å². The summed E-state index contributed by atoms with van der Waals surface area (Å²) < 4.78 is 27.1. The van der Waals surface area contributed by atoms with Gasteiger partial charge in [-0.2, -0.15) is 4.31 Å². The van der Waals surface area contributed by atoms with Crippen LogP contribution in [0.5, 0.6) is 0 Å². The van der Waals surface area contributed by atoms with Gasteiger partial charge >= 0.3 is 0 Å². The van der Waals surface area contributed by atoms with Crippen molar-refractivity contribution in [3.63, 3.8) is 0 Å². The molecule has 0 aliphatic carbocycles. The summed E-state index contributed by atoms with van der Waals surface area (Å²) >= 11 is 12.8. The Morgan fingerprint density at radius 1 is 1.40 bits per heavy atom. The zero-order valence-corrected chi connectivity index (χ0v) is 14.9. The molecule has 0 aromatic carbocycles. The van der Waals surface area contributed by atoms with Crippen LogP contribution in [0.15, 0.2) is 11.0 Å². The van der Waals surface area contributed by atoms with Crippen LogP contribution in [-0.2, 0) is 10.0 Å². The van der Waals surface area contributed by atoms with Crippen molar-refractivity contribution in [1.82, 2.24) is 9.62 Å². The van der Waals surface area contributed by atoms with Gasteiger partial charge in [0.15, 0.2) is 0 Å². The lowest BCUT2D eigenvalue weighted by Gasteiger charge is -2.30. The smallest absolute Gasteiger partial charge is 0.245 e. The fourth-order valence-electron chi connectivity index (χ4n) is 2.28. The summed E-state index contributed by atoms with van der Waals surface area (Å²) in [7, 11) is -1.59. The van der Waals surface area contributed by atoms with E-state index in [2.05, 4.69) is 5.32 Å². The first-order valence-corrected chi connectivity index (χ1v) is 9.06. The highest BCUT2D eigenvalue weighted by molar-refractivity contribution is 7.89. The van der Waals surface area contributed by atoms with Gasteiger partial charge in [-0.05, 0) is 38.4 Å². The van der Waals surface area contributed by atoms with Crippen molar-refractivity contribution >= 4 is 57.0 Å². The summed E-state index contributed by atoms with van der Waals surface area (Å²) in [4.78, 5) is 0.135. The maximum atomic E-state index is 12.5. The van der Waals surface area contributed by atoms with Crippen molar-refractivity contribution < 1.29 is 8.42 Å². The first-order chi connectivity index (χ1) is 8.95. The molecular weight excluding hydrogens is 363 g/mol. The molecule has 9 heteroatoms. The Hall–Kier alpha value is 0.440. The Morgan fingerprint density at radius 3 is 2.45 bits per heavy atom. The van der Waals surface area contributed by atoms with E-state index in [1.54, 1.807) is 0 Å². The van der Waals surface area contributed by atoms with Crippen LogP contribution in [0.1, 0.15) is 12.8 Å². The molecule has 20 heavy (non-hydrogen) atoms. The minimum atomic E-state index is -3.50. The average molecular weight is 380 g/mol. The van der Waals surface area contributed by atoms with Crippen LogP contribution in [-0.4, -0.2) is 39.4 Å². The Kier molecular flexibility index (Phi) is 7.05. The van der Waals surface area contributed by atoms with Gasteiger partial charge in [0.25, 0.3) is 0 Å². The number of rotatable bonds is 4. The van der Waals surface area contributed by atoms with Crippen molar-refractivity contribution in [1.29, 1.82) is 0 Å². The lowest BCUT2D eigenvalue weighted by molar-refractivity contribution is 0.271. The van der Waals surface area contributed by atoms with Gasteiger partial charge in [-0.1, -0.05) is 23.2 Å². The fraction of sp³-hybridized carbons (Fsp3) is 0.636. The summed E-state index contributed by atoms with van der Waals surface area (Å²) in [6, 6.07) is 1.43. The maximum absolute atomic E-state index is 12.5. The van der Waals surface area contributed by atoms with E-state index in [1.165, 1.54) is 10.4 Å². The van der Waals surface area contributed by atoms with Crippen molar-refractivity contribution in [2.75, 3.05) is 26.7 Å². The Labute approximate surface area is 139 Å². The molecule has 4 nitrogen and oxygen atoms in total. The number of thiophene rings is 1. The van der Waals surface area contributed by atoms with E-state index in [-0.39, 0.29) is 21.6 Å². The fourth-order valence-corrected chi connectivity index (χ4v) is 5.87. The third kappa shape index (κ3) is 4.00. The van der Waals surface area contributed by atoms with Gasteiger partial charge in [-0.15, -0.1) is 23.7 Å². The molecule has 1 fully saturated rings. The molecule has 0 radical (unpaired) electrons. The molecule has 0 unspecified atom stereocenters. The molecule has 2 rings (SSSR count). The highest BCUT2D eigenvalue weighted by Crippen LogP contribution is 2.36. The van der Waals surface area contributed by atoms with Crippen LogP contribution in [0.3, 0.4) is 0 Å². The molecule has 1 aliphatic rings. The van der Waals surface area contributed by atoms with E-state index < -0.39 is 10.0 Å². The predicted molar refractivity (Wildman–Crippen MR) is 87.0 cm³/mol. The summed E-state index contributed by atoms with van der Waals surface area (Å²) in [6.45, 7) is 2.01. The molecule has 1 aromatic rings. The van der Waals surface area contributed by atoms with Crippen LogP contribution in [0.25, 0.3) is 0 Å². The van der Waals surface area contributed by atoms with E-state index in [4.69, 9.17) is 23.2 Å². The van der Waals surface area contributed by atoms with Crippen LogP contribution in [0, 0.1) is 5.92 Å². The third-order valence-corrected chi connectivity index (χ3v) is 6.96. The van der Waals surface area contributed by atoms with Crippen molar-refractivity contribution in [3.8, 4) is 0 Å². The summed E-state index contributed by atoms with van der Waals surface area (Å²) in [5.41, 5.74) is 0. The highest BCUT2D eigenvalue weighted by atomic mass is 35.5. The van der Waals surface area contributed by atoms with E-state index >= 15 is 0 Å². The monoisotopic (exact) mass is 378 g/mol.